The summed E-state index contributed by atoms with van der Waals surface area (Å²) in [4.78, 5) is 107. The Morgan fingerprint density at radius 1 is 0.283 bits per heavy atom. The van der Waals surface area contributed by atoms with Gasteiger partial charge >= 0.3 is 58.2 Å². The topological polar surface area (TPSA) is 344 Å². The van der Waals surface area contributed by atoms with Crippen LogP contribution in [0.2, 0.25) is 0 Å². The third kappa shape index (κ3) is 19.2. The first-order valence-electron chi connectivity index (χ1n) is 45.6. The molecule has 19 aromatic carbocycles. The van der Waals surface area contributed by atoms with Crippen LogP contribution in [0, 0.1) is 0 Å². The van der Waals surface area contributed by atoms with Gasteiger partial charge in [-0.2, -0.15) is 8.42 Å². The fourth-order valence-corrected chi connectivity index (χ4v) is 19.9. The minimum Gasteiger partial charge on any atom is -0.508 e. The van der Waals surface area contributed by atoms with Crippen LogP contribution >= 0.6 is 35.6 Å². The molecule has 4 heterocycles. The Kier molecular flexibility index (Phi) is 26.9. The summed E-state index contributed by atoms with van der Waals surface area (Å²) in [5.41, 5.74) is 19.3. The van der Waals surface area contributed by atoms with E-state index in [1.54, 1.807) is 48.5 Å². The Morgan fingerprint density at radius 2 is 0.545 bits per heavy atom. The normalized spacial score (nSPS) is 13.7. The SMILES string of the molecule is C1CCOC1.I.O=C(Cl)c1ccc2c(c1)C(=O)OC2=O.O=C(Oc1ccc2cc(C3(c4ccc5cc(OC(=O)c6ccc7c(c6)C(=O)OC7=O)ccc5c4)c4ccccc4-c4ccccc43)ccc2c1)c1ccc2c(c1)C(=O)OC2=O.O=S(=O)(O)O.Oc1ccc2cc(C3(c4ccc5cc(O)ccc5c4)c4ccccc4-c4ccccc43)ccc2c1.Oc1ccc2ccccc2c1.[HH].c1ccc2c(c1)Cc1ccccc1-2. The molecule has 0 amide bonds. The molecule has 5 N–H and O–H groups in total. The van der Waals surface area contributed by atoms with Crippen LogP contribution in [0.5, 0.6) is 28.7 Å². The van der Waals surface area contributed by atoms with Crippen LogP contribution in [0.3, 0.4) is 0 Å². The standard InChI is InChI=1S/C51H26O10.C33H22O2.C13H10.C10H8O.C9H3ClO4.C4H8O.HI.H2O4S.H2/c52-45(31-13-19-39-41(25-31)49(56)60-47(39)54)58-35-17-11-27-21-33(15-9-29(27)23-35)51(43-7-3-1-5-37(43)38-6-2-4-8-44(38)51)34-16-10-30-24-36(18-12-28(30)22-34)59-46(53)32-14-20-40-42(26-32)50(57)61-48(40)55;34-27-15-11-21-17-25(13-9-23(21)19-27)33(26-14-10-24-20-28(35)16-12-22(24)18-26)31-7-3-1-5-29(31)30-6-2-4-8-32(30)33;1-3-7-12-10(5-1)9-11-6-2-4-8-13(11)12;11-10-6-5-8-3-1-2-4-9(8)7-10;10-7(11)4-1-2-5-6(3-4)9(13)14-8(5)12;1-2-4-5-3-1;;1-5(2,3)4;/h1-26H;1-20,34-35H;1-8H,9H2;1-7,11H;1-3H;1-4H2;1H;(H2,1,2,3,4);1H. The molecule has 1 fully saturated rings. The van der Waals surface area contributed by atoms with Crippen LogP contribution in [-0.4, -0.2) is 99.1 Å². The molecular weight excluding hydrogens is 1990 g/mol. The van der Waals surface area contributed by atoms with Gasteiger partial charge in [-0.1, -0.05) is 249 Å². The number of carbonyl (C=O) groups is 9. The molecule has 145 heavy (non-hydrogen) atoms. The average Bonchev–Trinajstić information content (AvgIpc) is 1.54. The largest absolute Gasteiger partial charge is 0.508 e. The van der Waals surface area contributed by atoms with E-state index in [2.05, 4.69) is 196 Å². The van der Waals surface area contributed by atoms with Gasteiger partial charge in [-0.05, 0) is 313 Å². The van der Waals surface area contributed by atoms with Crippen LogP contribution in [0.4, 0.5) is 0 Å². The molecule has 0 aromatic heterocycles. The van der Waals surface area contributed by atoms with E-state index in [4.69, 9.17) is 48.4 Å². The lowest BCUT2D eigenvalue weighted by Gasteiger charge is -2.34. The highest BCUT2D eigenvalue weighted by atomic mass is 127. The number of hydrogen-bond donors (Lipinski definition) is 5. The molecular formula is C120H82ClIO22S. The molecule has 7 aliphatic rings. The Balaban J connectivity index is 0.000000136. The number of esters is 8. The van der Waals surface area contributed by atoms with Crippen LogP contribution in [0.25, 0.3) is 87.2 Å². The summed E-state index contributed by atoms with van der Waals surface area (Å²) in [6, 6.07) is 125. The molecule has 25 heteroatoms. The number of cyclic esters (lactones) is 6. The van der Waals surface area contributed by atoms with Crippen LogP contribution in [-0.2, 0) is 46.6 Å². The molecule has 19 aromatic rings. The lowest BCUT2D eigenvalue weighted by Crippen LogP contribution is -2.28. The van der Waals surface area contributed by atoms with E-state index in [0.29, 0.717) is 17.2 Å². The maximum absolute atomic E-state index is 13.2. The van der Waals surface area contributed by atoms with Gasteiger partial charge in [0, 0.05) is 20.2 Å². The zero-order chi connectivity index (χ0) is 99.8. The van der Waals surface area contributed by atoms with Gasteiger partial charge in [-0.15, -0.1) is 24.0 Å². The summed E-state index contributed by atoms with van der Waals surface area (Å²) < 4.78 is 61.6. The van der Waals surface area contributed by atoms with E-state index in [0.717, 1.165) is 107 Å². The first kappa shape index (κ1) is 96.6. The summed E-state index contributed by atoms with van der Waals surface area (Å²) >= 11 is 5.21. The van der Waals surface area contributed by atoms with E-state index in [-0.39, 0.29) is 87.0 Å². The van der Waals surface area contributed by atoms with E-state index < -0.39 is 74.2 Å². The Labute approximate surface area is 851 Å². The van der Waals surface area contributed by atoms with Gasteiger partial charge in [-0.25, -0.2) is 38.4 Å². The predicted octanol–water partition coefficient (Wildman–Crippen LogP) is 25.4. The van der Waals surface area contributed by atoms with Crippen molar-refractivity contribution in [1.29, 1.82) is 0 Å². The van der Waals surface area contributed by atoms with Crippen molar-refractivity contribution >= 4 is 153 Å². The van der Waals surface area contributed by atoms with E-state index in [1.807, 2.05) is 103 Å². The van der Waals surface area contributed by atoms with Crippen molar-refractivity contribution in [2.45, 2.75) is 30.1 Å². The van der Waals surface area contributed by atoms with E-state index in [1.165, 1.54) is 123 Å². The van der Waals surface area contributed by atoms with Gasteiger partial charge in [-0.3, -0.25) is 13.9 Å². The molecule has 0 unspecified atom stereocenters. The minimum absolute atomic E-state index is 0. The summed E-state index contributed by atoms with van der Waals surface area (Å²) in [5.74, 6) is -4.43. The highest BCUT2D eigenvalue weighted by molar-refractivity contribution is 14.0. The Morgan fingerprint density at radius 3 is 0.883 bits per heavy atom. The lowest BCUT2D eigenvalue weighted by molar-refractivity contribution is 0.0425. The molecule has 0 atom stereocenters. The van der Waals surface area contributed by atoms with Crippen molar-refractivity contribution in [3.05, 3.63) is 494 Å². The molecule has 714 valence electrons. The second kappa shape index (κ2) is 40.4. The van der Waals surface area contributed by atoms with Gasteiger partial charge in [0.15, 0.2) is 0 Å². The first-order valence-corrected chi connectivity index (χ1v) is 47.4. The summed E-state index contributed by atoms with van der Waals surface area (Å²) in [5, 5.41) is 38.4. The molecule has 0 radical (unpaired) electrons. The van der Waals surface area contributed by atoms with Crippen LogP contribution < -0.4 is 9.47 Å². The van der Waals surface area contributed by atoms with Crippen LogP contribution in [0.1, 0.15) is 163 Å². The number of phenolic OH excluding ortho intramolecular Hbond substituents is 3. The molecule has 22 nitrogen and oxygen atoms in total. The van der Waals surface area contributed by atoms with Gasteiger partial charge in [0.05, 0.1) is 55.3 Å². The van der Waals surface area contributed by atoms with Gasteiger partial charge < -0.3 is 43.7 Å². The number of halogens is 2. The van der Waals surface area contributed by atoms with Crippen molar-refractivity contribution in [3.8, 4) is 62.1 Å². The average molecular weight is 2070 g/mol. The molecule has 4 aliphatic heterocycles. The summed E-state index contributed by atoms with van der Waals surface area (Å²) in [7, 11) is -4.67. The van der Waals surface area contributed by atoms with Crippen molar-refractivity contribution in [3.63, 3.8) is 0 Å². The monoisotopic (exact) mass is 2070 g/mol. The number of aromatic hydroxyl groups is 3. The molecule has 0 bridgehead atoms. The number of phenols is 3. The number of carbonyl (C=O) groups excluding carboxylic acids is 9. The highest BCUT2D eigenvalue weighted by Crippen LogP contribution is 2.59. The Bertz CT molecular complexity index is 8320. The van der Waals surface area contributed by atoms with Gasteiger partial charge in [0.1, 0.15) is 28.7 Å². The number of fused-ring (bicyclic) bond motifs is 17. The highest BCUT2D eigenvalue weighted by Gasteiger charge is 2.48. The molecule has 3 aliphatic carbocycles. The zero-order valence-electron chi connectivity index (χ0n) is 76.4. The summed E-state index contributed by atoms with van der Waals surface area (Å²) in [6.45, 7) is 2.00. The number of ether oxygens (including phenoxy) is 6. The Hall–Kier alpha value is -17.2. The summed E-state index contributed by atoms with van der Waals surface area (Å²) in [6.07, 6.45) is 3.66. The number of rotatable bonds is 9. The molecule has 0 saturated carbocycles. The third-order valence-electron chi connectivity index (χ3n) is 26.2. The minimum atomic E-state index is -4.67. The van der Waals surface area contributed by atoms with E-state index >= 15 is 0 Å². The second-order valence-corrected chi connectivity index (χ2v) is 36.0. The maximum atomic E-state index is 13.2. The maximum Gasteiger partial charge on any atom is 0.394 e. The fourth-order valence-electron chi connectivity index (χ4n) is 19.8. The third-order valence-corrected chi connectivity index (χ3v) is 26.4. The van der Waals surface area contributed by atoms with Crippen molar-refractivity contribution in [2.75, 3.05) is 13.2 Å². The number of hydrogen-bond acceptors (Lipinski definition) is 20. The second-order valence-electron chi connectivity index (χ2n) is 34.8. The number of benzene rings is 19. The van der Waals surface area contributed by atoms with Crippen molar-refractivity contribution < 1.29 is 106 Å². The lowest BCUT2D eigenvalue weighted by atomic mass is 9.67. The first-order chi connectivity index (χ1) is 69.7. The molecule has 0 spiro atoms. The van der Waals surface area contributed by atoms with Crippen molar-refractivity contribution in [2.24, 2.45) is 0 Å². The predicted molar refractivity (Wildman–Crippen MR) is 562 cm³/mol. The zero-order valence-corrected chi connectivity index (χ0v) is 80.3. The quantitative estimate of drug-likeness (QED) is 0.0170. The molecule has 1 saturated heterocycles. The van der Waals surface area contributed by atoms with Gasteiger partial charge in [0.2, 0.25) is 0 Å². The van der Waals surface area contributed by atoms with Crippen LogP contribution in [0.15, 0.2) is 388 Å². The van der Waals surface area contributed by atoms with Crippen molar-refractivity contribution in [1.82, 2.24) is 0 Å². The molecule has 26 rings (SSSR count). The fraction of sp³-hybridized carbons (Fsp3) is 0.0583. The smallest absolute Gasteiger partial charge is 0.394 e. The van der Waals surface area contributed by atoms with Gasteiger partial charge in [0.25, 0.3) is 5.24 Å². The van der Waals surface area contributed by atoms with E-state index in [9.17, 15) is 53.4 Å².